The number of nitrogens with zero attached hydrogens (tertiary/aromatic N) is 4. The van der Waals surface area contributed by atoms with Crippen LogP contribution in [0.15, 0.2) is 48.7 Å². The van der Waals surface area contributed by atoms with E-state index in [1.807, 2.05) is 19.1 Å². The smallest absolute Gasteiger partial charge is 0.410 e. The molecule has 0 bridgehead atoms. The van der Waals surface area contributed by atoms with Crippen LogP contribution in [0.5, 0.6) is 11.6 Å². The van der Waals surface area contributed by atoms with E-state index in [9.17, 15) is 22.8 Å². The Labute approximate surface area is 278 Å². The number of nitrogens with one attached hydrogen (secondary N) is 1. The van der Waals surface area contributed by atoms with E-state index in [4.69, 9.17) is 14.2 Å². The number of methoxy groups -OCH3 is 1. The molecule has 0 saturated carbocycles. The van der Waals surface area contributed by atoms with Gasteiger partial charge in [-0.1, -0.05) is 12.1 Å². The molecule has 4 heterocycles. The number of piperidine rings is 1. The first-order chi connectivity index (χ1) is 22.7. The van der Waals surface area contributed by atoms with Crippen molar-refractivity contribution in [3.8, 4) is 22.8 Å². The van der Waals surface area contributed by atoms with Crippen molar-refractivity contribution in [3.05, 3.63) is 59.8 Å². The maximum Gasteiger partial charge on any atom is 0.410 e. The summed E-state index contributed by atoms with van der Waals surface area (Å²) < 4.78 is 59.0. The molecule has 0 unspecified atom stereocenters. The summed E-state index contributed by atoms with van der Waals surface area (Å²) in [5, 5.41) is 2.84. The maximum absolute atomic E-state index is 14.1. The van der Waals surface area contributed by atoms with Gasteiger partial charge in [0, 0.05) is 44.2 Å². The SMILES string of the molecule is COc1ccc(COc2cc(-c3cc(NC(=O)CC4CN(C(=O)OC(C)(C)C)C4)ncc3C)cc(N3CCCC[C@@H]3C(F)(F)F)n2)cc1. The van der Waals surface area contributed by atoms with E-state index < -0.39 is 23.9 Å². The third kappa shape index (κ3) is 8.87. The van der Waals surface area contributed by atoms with Gasteiger partial charge in [0.1, 0.15) is 35.6 Å². The summed E-state index contributed by atoms with van der Waals surface area (Å²) in [4.78, 5) is 36.9. The van der Waals surface area contributed by atoms with Crippen molar-refractivity contribution in [2.24, 2.45) is 5.92 Å². The predicted molar refractivity (Wildman–Crippen MR) is 175 cm³/mol. The first-order valence-electron chi connectivity index (χ1n) is 16.0. The normalized spacial score (nSPS) is 17.0. The van der Waals surface area contributed by atoms with Gasteiger partial charge in [-0.3, -0.25) is 4.79 Å². The molecule has 1 aromatic carbocycles. The Morgan fingerprint density at radius 3 is 2.44 bits per heavy atom. The van der Waals surface area contributed by atoms with Crippen LogP contribution in [-0.2, 0) is 16.1 Å². The van der Waals surface area contributed by atoms with Crippen LogP contribution in [0, 0.1) is 12.8 Å². The molecule has 3 aromatic rings. The molecule has 2 aliphatic heterocycles. The summed E-state index contributed by atoms with van der Waals surface area (Å²) in [6.07, 6.45) is -1.94. The average Bonchev–Trinajstić information content (AvgIpc) is 3.01. The lowest BCUT2D eigenvalue weighted by atomic mass is 9.96. The molecule has 10 nitrogen and oxygen atoms in total. The van der Waals surface area contributed by atoms with Crippen LogP contribution in [0.2, 0.25) is 0 Å². The molecule has 2 aromatic heterocycles. The zero-order valence-electron chi connectivity index (χ0n) is 27.9. The van der Waals surface area contributed by atoms with E-state index in [1.54, 1.807) is 69.3 Å². The fourth-order valence-corrected chi connectivity index (χ4v) is 5.83. The molecule has 1 N–H and O–H groups in total. The molecule has 258 valence electrons. The Hall–Kier alpha value is -4.55. The lowest BCUT2D eigenvalue weighted by molar-refractivity contribution is -0.152. The maximum atomic E-state index is 14.1. The summed E-state index contributed by atoms with van der Waals surface area (Å²) in [5.41, 5.74) is 2.24. The lowest BCUT2D eigenvalue weighted by Gasteiger charge is -2.39. The van der Waals surface area contributed by atoms with Crippen LogP contribution in [0.3, 0.4) is 0 Å². The number of alkyl halides is 3. The van der Waals surface area contributed by atoms with E-state index in [-0.39, 0.29) is 49.5 Å². The Morgan fingerprint density at radius 2 is 1.77 bits per heavy atom. The molecule has 0 aliphatic carbocycles. The van der Waals surface area contributed by atoms with Crippen LogP contribution < -0.4 is 19.7 Å². The second-order valence-corrected chi connectivity index (χ2v) is 13.3. The average molecular weight is 670 g/mol. The van der Waals surface area contributed by atoms with Gasteiger partial charge in [-0.2, -0.15) is 18.2 Å². The molecular formula is C35H42F3N5O5. The summed E-state index contributed by atoms with van der Waals surface area (Å²) in [7, 11) is 1.57. The van der Waals surface area contributed by atoms with E-state index in [0.717, 1.165) is 11.1 Å². The fourth-order valence-electron chi connectivity index (χ4n) is 5.83. The van der Waals surface area contributed by atoms with Crippen molar-refractivity contribution in [1.29, 1.82) is 0 Å². The number of rotatable bonds is 9. The number of carbonyl (C=O) groups excluding carboxylic acids is 2. The highest BCUT2D eigenvalue weighted by Crippen LogP contribution is 2.38. The number of hydrogen-bond acceptors (Lipinski definition) is 8. The highest BCUT2D eigenvalue weighted by molar-refractivity contribution is 5.91. The number of aromatic nitrogens is 2. The topological polar surface area (TPSA) is 106 Å². The zero-order valence-corrected chi connectivity index (χ0v) is 27.9. The highest BCUT2D eigenvalue weighted by Gasteiger charge is 2.45. The van der Waals surface area contributed by atoms with Crippen molar-refractivity contribution in [3.63, 3.8) is 0 Å². The fraction of sp³-hybridized carbons (Fsp3) is 0.486. The molecule has 0 radical (unpaired) electrons. The summed E-state index contributed by atoms with van der Waals surface area (Å²) in [5.74, 6) is 1.06. The van der Waals surface area contributed by atoms with Crippen molar-refractivity contribution in [2.75, 3.05) is 37.0 Å². The first kappa shape index (κ1) is 34.8. The van der Waals surface area contributed by atoms with Crippen molar-refractivity contribution in [1.82, 2.24) is 14.9 Å². The standard InChI is InChI=1S/C35H42F3N5O5/c1-22-18-39-29(40-31(44)14-24-19-42(20-24)33(45)48-34(2,3)4)17-27(22)25-15-30(43-13-7-6-8-28(43)35(36,37)38)41-32(16-25)47-21-23-9-11-26(46-5)12-10-23/h9-12,15-18,24,28H,6-8,13-14,19-21H2,1-5H3,(H,39,40,44)/t28-/m1/s1. The Kier molecular flexibility index (Phi) is 10.4. The van der Waals surface area contributed by atoms with Gasteiger partial charge in [-0.25, -0.2) is 9.78 Å². The molecule has 1 atom stereocenters. The van der Waals surface area contributed by atoms with Crippen molar-refractivity contribution < 1.29 is 37.0 Å². The van der Waals surface area contributed by atoms with E-state index in [0.29, 0.717) is 48.6 Å². The van der Waals surface area contributed by atoms with Crippen LogP contribution >= 0.6 is 0 Å². The number of ether oxygens (including phenoxy) is 3. The van der Waals surface area contributed by atoms with Gasteiger partial charge in [-0.05, 0) is 93.5 Å². The summed E-state index contributed by atoms with van der Waals surface area (Å²) in [6.45, 7) is 8.43. The van der Waals surface area contributed by atoms with Crippen LogP contribution in [0.25, 0.3) is 11.1 Å². The van der Waals surface area contributed by atoms with Crippen LogP contribution in [-0.4, -0.2) is 71.4 Å². The minimum Gasteiger partial charge on any atom is -0.497 e. The molecule has 48 heavy (non-hydrogen) atoms. The van der Waals surface area contributed by atoms with E-state index in [2.05, 4.69) is 15.3 Å². The third-order valence-electron chi connectivity index (χ3n) is 8.27. The Morgan fingerprint density at radius 1 is 1.04 bits per heavy atom. The number of carbonyl (C=O) groups is 2. The van der Waals surface area contributed by atoms with Gasteiger partial charge in [0.15, 0.2) is 0 Å². The Bertz CT molecular complexity index is 1600. The molecular weight excluding hydrogens is 627 g/mol. The van der Waals surface area contributed by atoms with Gasteiger partial charge in [0.05, 0.1) is 7.11 Å². The quantitative estimate of drug-likeness (QED) is 0.256. The number of likely N-dealkylation sites (tertiary alicyclic amines) is 1. The van der Waals surface area contributed by atoms with Crippen molar-refractivity contribution in [2.45, 2.75) is 77.8 Å². The second-order valence-electron chi connectivity index (χ2n) is 13.3. The molecule has 0 spiro atoms. The third-order valence-corrected chi connectivity index (χ3v) is 8.27. The number of halogens is 3. The van der Waals surface area contributed by atoms with Crippen molar-refractivity contribution >= 4 is 23.6 Å². The van der Waals surface area contributed by atoms with Gasteiger partial charge in [0.25, 0.3) is 0 Å². The minimum atomic E-state index is -4.42. The number of anilines is 2. The lowest BCUT2D eigenvalue weighted by Crippen LogP contribution is -2.52. The summed E-state index contributed by atoms with van der Waals surface area (Å²) >= 11 is 0. The minimum absolute atomic E-state index is 0.0123. The zero-order chi connectivity index (χ0) is 34.6. The predicted octanol–water partition coefficient (Wildman–Crippen LogP) is 7.16. The van der Waals surface area contributed by atoms with Gasteiger partial charge in [-0.15, -0.1) is 0 Å². The second kappa shape index (κ2) is 14.3. The molecule has 2 amide bonds. The van der Waals surface area contributed by atoms with Crippen LogP contribution in [0.4, 0.5) is 29.6 Å². The number of benzene rings is 1. The summed E-state index contributed by atoms with van der Waals surface area (Å²) in [6, 6.07) is 10.6. The van der Waals surface area contributed by atoms with Crippen LogP contribution in [0.1, 0.15) is 57.6 Å². The number of pyridine rings is 2. The molecule has 13 heteroatoms. The van der Waals surface area contributed by atoms with Gasteiger partial charge in [0.2, 0.25) is 11.8 Å². The van der Waals surface area contributed by atoms with E-state index in [1.165, 1.54) is 4.90 Å². The number of amides is 2. The number of hydrogen-bond donors (Lipinski definition) is 1. The van der Waals surface area contributed by atoms with Gasteiger partial charge >= 0.3 is 12.3 Å². The van der Waals surface area contributed by atoms with Gasteiger partial charge < -0.3 is 29.3 Å². The molecule has 2 aliphatic rings. The largest absolute Gasteiger partial charge is 0.497 e. The molecule has 5 rings (SSSR count). The Balaban J connectivity index is 1.36. The number of aryl methyl sites for hydroxylation is 1. The van der Waals surface area contributed by atoms with E-state index >= 15 is 0 Å². The molecule has 2 fully saturated rings. The molecule has 2 saturated heterocycles. The monoisotopic (exact) mass is 669 g/mol. The highest BCUT2D eigenvalue weighted by atomic mass is 19.4. The first-order valence-corrected chi connectivity index (χ1v) is 16.0.